The SMILES string of the molecule is CC(C)C1(CNCCNC2CCCC2)CC1. The molecule has 0 aromatic heterocycles. The van der Waals surface area contributed by atoms with Gasteiger partial charge in [-0.05, 0) is 37.0 Å². The maximum absolute atomic E-state index is 3.65. The minimum absolute atomic E-state index is 0.660. The Morgan fingerprint density at radius 2 is 1.81 bits per heavy atom. The molecule has 0 heterocycles. The van der Waals surface area contributed by atoms with Crippen molar-refractivity contribution in [3.05, 3.63) is 0 Å². The minimum atomic E-state index is 0.660. The lowest BCUT2D eigenvalue weighted by Gasteiger charge is -2.20. The Balaban J connectivity index is 1.49. The van der Waals surface area contributed by atoms with E-state index in [1.165, 1.54) is 45.1 Å². The highest BCUT2D eigenvalue weighted by Gasteiger charge is 2.44. The molecule has 2 heteroatoms. The Kier molecular flexibility index (Phi) is 4.26. The molecule has 0 aliphatic heterocycles. The fraction of sp³-hybridized carbons (Fsp3) is 1.00. The molecule has 2 aliphatic rings. The third-order valence-electron chi connectivity index (χ3n) is 4.68. The molecule has 2 aliphatic carbocycles. The zero-order chi connectivity index (χ0) is 11.4. The lowest BCUT2D eigenvalue weighted by atomic mass is 9.92. The molecule has 0 spiro atoms. The number of hydrogen-bond acceptors (Lipinski definition) is 2. The van der Waals surface area contributed by atoms with E-state index in [4.69, 9.17) is 0 Å². The van der Waals surface area contributed by atoms with E-state index in [2.05, 4.69) is 24.5 Å². The molecule has 0 atom stereocenters. The second kappa shape index (κ2) is 5.50. The first-order valence-corrected chi connectivity index (χ1v) is 7.17. The van der Waals surface area contributed by atoms with Crippen LogP contribution in [0.3, 0.4) is 0 Å². The Morgan fingerprint density at radius 3 is 2.38 bits per heavy atom. The van der Waals surface area contributed by atoms with E-state index in [1.807, 2.05) is 0 Å². The fourth-order valence-corrected chi connectivity index (χ4v) is 2.95. The van der Waals surface area contributed by atoms with Crippen molar-refractivity contribution in [2.45, 2.75) is 58.4 Å². The van der Waals surface area contributed by atoms with Gasteiger partial charge in [-0.15, -0.1) is 0 Å². The van der Waals surface area contributed by atoms with Gasteiger partial charge in [-0.3, -0.25) is 0 Å². The summed E-state index contributed by atoms with van der Waals surface area (Å²) in [6.07, 6.45) is 8.54. The van der Waals surface area contributed by atoms with Crippen molar-refractivity contribution in [1.82, 2.24) is 10.6 Å². The quantitative estimate of drug-likeness (QED) is 0.649. The topological polar surface area (TPSA) is 24.1 Å². The van der Waals surface area contributed by atoms with Crippen molar-refractivity contribution in [2.75, 3.05) is 19.6 Å². The molecule has 0 bridgehead atoms. The maximum atomic E-state index is 3.65. The van der Waals surface area contributed by atoms with Crippen LogP contribution >= 0.6 is 0 Å². The first-order chi connectivity index (χ1) is 7.73. The largest absolute Gasteiger partial charge is 0.315 e. The van der Waals surface area contributed by atoms with E-state index in [9.17, 15) is 0 Å². The molecule has 2 N–H and O–H groups in total. The molecular formula is C14H28N2. The molecule has 0 radical (unpaired) electrons. The normalized spacial score (nSPS) is 24.2. The lowest BCUT2D eigenvalue weighted by molar-refractivity contribution is 0.337. The van der Waals surface area contributed by atoms with Crippen LogP contribution in [-0.4, -0.2) is 25.7 Å². The van der Waals surface area contributed by atoms with Crippen LogP contribution in [0.2, 0.25) is 0 Å². The highest BCUT2D eigenvalue weighted by atomic mass is 15.0. The molecule has 0 saturated heterocycles. The van der Waals surface area contributed by atoms with Crippen molar-refractivity contribution in [3.63, 3.8) is 0 Å². The van der Waals surface area contributed by atoms with E-state index >= 15 is 0 Å². The Hall–Kier alpha value is -0.0800. The predicted octanol–water partition coefficient (Wildman–Crippen LogP) is 2.54. The van der Waals surface area contributed by atoms with Crippen molar-refractivity contribution in [2.24, 2.45) is 11.3 Å². The smallest absolute Gasteiger partial charge is 0.00793 e. The number of hydrogen-bond donors (Lipinski definition) is 2. The summed E-state index contributed by atoms with van der Waals surface area (Å²) >= 11 is 0. The van der Waals surface area contributed by atoms with Crippen LogP contribution < -0.4 is 10.6 Å². The number of rotatable bonds is 7. The average Bonchev–Trinajstić information content (AvgIpc) is 2.87. The summed E-state index contributed by atoms with van der Waals surface area (Å²) in [5.41, 5.74) is 0.660. The average molecular weight is 224 g/mol. The van der Waals surface area contributed by atoms with Gasteiger partial charge in [0.2, 0.25) is 0 Å². The van der Waals surface area contributed by atoms with E-state index < -0.39 is 0 Å². The van der Waals surface area contributed by atoms with Gasteiger partial charge in [0.15, 0.2) is 0 Å². The summed E-state index contributed by atoms with van der Waals surface area (Å²) in [7, 11) is 0. The Morgan fingerprint density at radius 1 is 1.12 bits per heavy atom. The third kappa shape index (κ3) is 3.21. The standard InChI is InChI=1S/C14H28N2/c1-12(2)14(7-8-14)11-15-9-10-16-13-5-3-4-6-13/h12-13,15-16H,3-11H2,1-2H3. The third-order valence-corrected chi connectivity index (χ3v) is 4.68. The maximum Gasteiger partial charge on any atom is 0.00793 e. The second-order valence-corrected chi connectivity index (χ2v) is 6.13. The van der Waals surface area contributed by atoms with E-state index in [-0.39, 0.29) is 0 Å². The van der Waals surface area contributed by atoms with Crippen LogP contribution in [0.4, 0.5) is 0 Å². The summed E-state index contributed by atoms with van der Waals surface area (Å²) in [4.78, 5) is 0. The van der Waals surface area contributed by atoms with Crippen LogP contribution in [0.1, 0.15) is 52.4 Å². The molecule has 0 amide bonds. The van der Waals surface area contributed by atoms with Gasteiger partial charge in [0, 0.05) is 25.7 Å². The van der Waals surface area contributed by atoms with Crippen LogP contribution in [0, 0.1) is 11.3 Å². The summed E-state index contributed by atoms with van der Waals surface area (Å²) < 4.78 is 0. The molecule has 0 aromatic carbocycles. The van der Waals surface area contributed by atoms with Crippen LogP contribution in [0.25, 0.3) is 0 Å². The van der Waals surface area contributed by atoms with E-state index in [1.54, 1.807) is 0 Å². The van der Waals surface area contributed by atoms with Gasteiger partial charge < -0.3 is 10.6 Å². The van der Waals surface area contributed by atoms with Crippen molar-refractivity contribution < 1.29 is 0 Å². The van der Waals surface area contributed by atoms with E-state index in [0.717, 1.165) is 25.0 Å². The zero-order valence-corrected chi connectivity index (χ0v) is 11.0. The second-order valence-electron chi connectivity index (χ2n) is 6.13. The van der Waals surface area contributed by atoms with Gasteiger partial charge in [-0.25, -0.2) is 0 Å². The van der Waals surface area contributed by atoms with Gasteiger partial charge in [-0.1, -0.05) is 26.7 Å². The lowest BCUT2D eigenvalue weighted by Crippen LogP contribution is -2.36. The summed E-state index contributed by atoms with van der Waals surface area (Å²) in [6.45, 7) is 8.26. The highest BCUT2D eigenvalue weighted by molar-refractivity contribution is 4.97. The van der Waals surface area contributed by atoms with Crippen LogP contribution in [0.15, 0.2) is 0 Å². The molecule has 2 saturated carbocycles. The minimum Gasteiger partial charge on any atom is -0.315 e. The first kappa shape index (κ1) is 12.4. The first-order valence-electron chi connectivity index (χ1n) is 7.17. The summed E-state index contributed by atoms with van der Waals surface area (Å²) in [5.74, 6) is 0.850. The van der Waals surface area contributed by atoms with Crippen LogP contribution in [0.5, 0.6) is 0 Å². The van der Waals surface area contributed by atoms with Gasteiger partial charge in [-0.2, -0.15) is 0 Å². The van der Waals surface area contributed by atoms with Gasteiger partial charge in [0.1, 0.15) is 0 Å². The molecule has 16 heavy (non-hydrogen) atoms. The van der Waals surface area contributed by atoms with Gasteiger partial charge in [0.05, 0.1) is 0 Å². The van der Waals surface area contributed by atoms with Crippen molar-refractivity contribution >= 4 is 0 Å². The zero-order valence-electron chi connectivity index (χ0n) is 11.0. The van der Waals surface area contributed by atoms with Crippen molar-refractivity contribution in [1.29, 1.82) is 0 Å². The van der Waals surface area contributed by atoms with Gasteiger partial charge >= 0.3 is 0 Å². The fourth-order valence-electron chi connectivity index (χ4n) is 2.95. The predicted molar refractivity (Wildman–Crippen MR) is 69.6 cm³/mol. The van der Waals surface area contributed by atoms with E-state index in [0.29, 0.717) is 5.41 Å². The summed E-state index contributed by atoms with van der Waals surface area (Å²) in [6, 6.07) is 0.821. The Labute approximate surface area is 101 Å². The number of nitrogens with one attached hydrogen (secondary N) is 2. The molecule has 2 fully saturated rings. The molecule has 94 valence electrons. The molecule has 2 rings (SSSR count). The highest BCUT2D eigenvalue weighted by Crippen LogP contribution is 2.51. The molecule has 2 nitrogen and oxygen atoms in total. The Bertz CT molecular complexity index is 203. The van der Waals surface area contributed by atoms with Crippen LogP contribution in [-0.2, 0) is 0 Å². The monoisotopic (exact) mass is 224 g/mol. The molecule has 0 unspecified atom stereocenters. The molecule has 0 aromatic rings. The summed E-state index contributed by atoms with van der Waals surface area (Å²) in [5, 5.41) is 7.29. The van der Waals surface area contributed by atoms with Crippen molar-refractivity contribution in [3.8, 4) is 0 Å². The molecular weight excluding hydrogens is 196 g/mol. The van der Waals surface area contributed by atoms with Gasteiger partial charge in [0.25, 0.3) is 0 Å².